The molecule has 0 aromatic heterocycles. The number of hydrogen-bond donors (Lipinski definition) is 0. The van der Waals surface area contributed by atoms with E-state index in [1.807, 2.05) is 0 Å². The van der Waals surface area contributed by atoms with Gasteiger partial charge in [-0.2, -0.15) is 0 Å². The predicted octanol–water partition coefficient (Wildman–Crippen LogP) is 11.1. The topological polar surface area (TPSA) is 18.5 Å². The second kappa shape index (κ2) is 18.7. The van der Waals surface area contributed by atoms with Crippen molar-refractivity contribution in [2.24, 2.45) is 0 Å². The number of unbranched alkanes of at least 4 members (excludes halogenated alkanes) is 3. The summed E-state index contributed by atoms with van der Waals surface area (Å²) < 4.78 is 20.5. The Balaban J connectivity index is 2.69. The van der Waals surface area contributed by atoms with Crippen LogP contribution in [0.15, 0.2) is 60.7 Å². The van der Waals surface area contributed by atoms with Crippen LogP contribution in [0, 0.1) is 0 Å². The van der Waals surface area contributed by atoms with Gasteiger partial charge in [-0.15, -0.1) is 0 Å². The van der Waals surface area contributed by atoms with Crippen molar-refractivity contribution in [3.8, 4) is 0 Å². The molecule has 0 unspecified atom stereocenters. The fourth-order valence-electron chi connectivity index (χ4n) is 7.51. The molecule has 0 radical (unpaired) electrons. The van der Waals surface area contributed by atoms with Crippen molar-refractivity contribution in [3.05, 3.63) is 60.7 Å². The van der Waals surface area contributed by atoms with E-state index in [0.717, 1.165) is 6.42 Å². The molecule has 0 bridgehead atoms. The van der Waals surface area contributed by atoms with Gasteiger partial charge in [0.2, 0.25) is 0 Å². The molecule has 0 fully saturated rings. The third-order valence-electron chi connectivity index (χ3n) is 10.4. The van der Waals surface area contributed by atoms with Crippen molar-refractivity contribution < 1.29 is 8.85 Å². The van der Waals surface area contributed by atoms with E-state index in [-0.39, 0.29) is 11.1 Å². The Bertz CT molecular complexity index is 934. The Morgan fingerprint density at radius 1 is 0.628 bits per heavy atom. The SMILES string of the molecule is CCC[CH2][Sn]([CH2]CCC)([CH2]CCC)[C@H](C[C@@H](C)O[Si](c1ccccc1)(c1ccccc1)C(C)(C)C)O[Si](CC)(CC)CC. The number of hydrogen-bond acceptors (Lipinski definition) is 2. The zero-order valence-corrected chi connectivity index (χ0v) is 34.8. The van der Waals surface area contributed by atoms with E-state index in [1.165, 1.54) is 80.3 Å². The second-order valence-electron chi connectivity index (χ2n) is 14.4. The van der Waals surface area contributed by atoms with Crippen LogP contribution in [0.4, 0.5) is 0 Å². The Labute approximate surface area is 274 Å². The van der Waals surface area contributed by atoms with Crippen LogP contribution in [-0.2, 0) is 8.85 Å². The summed E-state index contributed by atoms with van der Waals surface area (Å²) in [5, 5.41) is 2.76. The third-order valence-corrected chi connectivity index (χ3v) is 37.4. The van der Waals surface area contributed by atoms with Crippen LogP contribution in [0.25, 0.3) is 0 Å². The van der Waals surface area contributed by atoms with Gasteiger partial charge in [-0.1, -0.05) is 0 Å². The average Bonchev–Trinajstić information content (AvgIpc) is 3.02. The molecule has 43 heavy (non-hydrogen) atoms. The summed E-state index contributed by atoms with van der Waals surface area (Å²) >= 11 is -2.75. The molecular weight excluding hydrogens is 663 g/mol. The first-order valence-electron chi connectivity index (χ1n) is 18.0. The number of rotatable bonds is 21. The molecule has 2 nitrogen and oxygen atoms in total. The predicted molar refractivity (Wildman–Crippen MR) is 200 cm³/mol. The summed E-state index contributed by atoms with van der Waals surface area (Å²) in [5.41, 5.74) is 0. The van der Waals surface area contributed by atoms with E-state index >= 15 is 0 Å². The van der Waals surface area contributed by atoms with Crippen LogP contribution in [-0.4, -0.2) is 45.2 Å². The molecule has 0 aliphatic carbocycles. The monoisotopic (exact) mass is 732 g/mol. The third kappa shape index (κ3) is 10.0. The summed E-state index contributed by atoms with van der Waals surface area (Å²) in [4.78, 5) is 0. The van der Waals surface area contributed by atoms with Crippen molar-refractivity contribution in [1.82, 2.24) is 0 Å². The maximum absolute atomic E-state index is 7.79. The first-order valence-corrected chi connectivity index (χ1v) is 30.1. The molecule has 0 aliphatic heterocycles. The van der Waals surface area contributed by atoms with Crippen LogP contribution in [0.1, 0.15) is 114 Å². The first kappa shape index (κ1) is 38.8. The van der Waals surface area contributed by atoms with Gasteiger partial charge in [-0.25, -0.2) is 0 Å². The van der Waals surface area contributed by atoms with Crippen LogP contribution in [0.3, 0.4) is 0 Å². The van der Waals surface area contributed by atoms with E-state index in [1.54, 1.807) is 0 Å². The summed E-state index contributed by atoms with van der Waals surface area (Å²) in [6.45, 7) is 24.1. The van der Waals surface area contributed by atoms with Crippen LogP contribution in [0.5, 0.6) is 0 Å². The van der Waals surface area contributed by atoms with Gasteiger partial charge in [0.1, 0.15) is 0 Å². The van der Waals surface area contributed by atoms with Crippen LogP contribution < -0.4 is 10.4 Å². The van der Waals surface area contributed by atoms with E-state index in [2.05, 4.69) is 130 Å². The van der Waals surface area contributed by atoms with E-state index in [4.69, 9.17) is 8.85 Å². The Hall–Kier alpha value is -0.408. The van der Waals surface area contributed by atoms with Crippen molar-refractivity contribution in [2.45, 2.75) is 161 Å². The molecule has 0 amide bonds. The molecule has 5 heteroatoms. The molecule has 2 aromatic rings. The van der Waals surface area contributed by atoms with Gasteiger partial charge >= 0.3 is 276 Å². The molecular formula is C38H68O2Si2Sn. The molecule has 0 N–H and O–H groups in total. The van der Waals surface area contributed by atoms with Gasteiger partial charge in [-0.05, 0) is 0 Å². The van der Waals surface area contributed by atoms with Crippen molar-refractivity contribution >= 4 is 45.4 Å². The quantitative estimate of drug-likeness (QED) is 0.119. The molecule has 2 rings (SSSR count). The normalized spacial score (nSPS) is 14.6. The van der Waals surface area contributed by atoms with E-state index in [9.17, 15) is 0 Å². The van der Waals surface area contributed by atoms with E-state index in [0.29, 0.717) is 4.12 Å². The van der Waals surface area contributed by atoms with Gasteiger partial charge in [-0.3, -0.25) is 0 Å². The molecule has 0 aliphatic rings. The molecule has 2 aromatic carbocycles. The minimum absolute atomic E-state index is 0.0118. The molecule has 0 saturated heterocycles. The molecule has 2 atom stereocenters. The van der Waals surface area contributed by atoms with Gasteiger partial charge < -0.3 is 0 Å². The fourth-order valence-corrected chi connectivity index (χ4v) is 35.8. The second-order valence-corrected chi connectivity index (χ2v) is 37.2. The summed E-state index contributed by atoms with van der Waals surface area (Å²) in [7, 11) is -4.41. The van der Waals surface area contributed by atoms with Crippen molar-refractivity contribution in [2.75, 3.05) is 0 Å². The zero-order chi connectivity index (χ0) is 32.0. The molecule has 0 spiro atoms. The van der Waals surface area contributed by atoms with Gasteiger partial charge in [0.15, 0.2) is 0 Å². The Morgan fingerprint density at radius 3 is 1.35 bits per heavy atom. The summed E-state index contributed by atoms with van der Waals surface area (Å²) in [6.07, 6.45) is 9.27. The van der Waals surface area contributed by atoms with Crippen LogP contribution in [0.2, 0.25) is 36.5 Å². The average molecular weight is 732 g/mol. The standard InChI is InChI=1S/C26H41O2Si2.3C4H9.Sn/c1-8-29(9-2,10-3)27-22-21-23(4)28-30(26(5,6)7,24-17-13-11-14-18-24)25-19-15-12-16-20-25;3*1-3-4-2;/h11-20,22-23H,8-10,21H2,1-7H3;3*1,3-4H2,2H3;/t23-;;;;/m1..../s1. The van der Waals surface area contributed by atoms with Gasteiger partial charge in [0.25, 0.3) is 0 Å². The Morgan fingerprint density at radius 2 is 1.02 bits per heavy atom. The Kier molecular flexibility index (Phi) is 16.8. The molecule has 244 valence electrons. The van der Waals surface area contributed by atoms with Crippen molar-refractivity contribution in [1.29, 1.82) is 0 Å². The summed E-state index contributed by atoms with van der Waals surface area (Å²) in [6, 6.07) is 26.2. The fraction of sp³-hybridized carbons (Fsp3) is 0.684. The van der Waals surface area contributed by atoms with Gasteiger partial charge in [0, 0.05) is 0 Å². The first-order chi connectivity index (χ1) is 20.5. The molecule has 0 heterocycles. The minimum atomic E-state index is -2.75. The number of benzene rings is 2. The van der Waals surface area contributed by atoms with Gasteiger partial charge in [0.05, 0.1) is 0 Å². The zero-order valence-electron chi connectivity index (χ0n) is 29.9. The maximum atomic E-state index is 7.79. The van der Waals surface area contributed by atoms with Crippen LogP contribution >= 0.6 is 0 Å². The summed E-state index contributed by atoms with van der Waals surface area (Å²) in [5.74, 6) is 0. The van der Waals surface area contributed by atoms with E-state index < -0.39 is 35.0 Å². The van der Waals surface area contributed by atoms with Crippen molar-refractivity contribution in [3.63, 3.8) is 0 Å². The molecule has 0 saturated carbocycles.